The number of amides is 1. The van der Waals surface area contributed by atoms with Gasteiger partial charge in [0, 0.05) is 19.1 Å². The second-order valence-electron chi connectivity index (χ2n) is 7.57. The maximum absolute atomic E-state index is 12.4. The first kappa shape index (κ1) is 18.0. The average Bonchev–Trinajstić information content (AvgIpc) is 2.96. The summed E-state index contributed by atoms with van der Waals surface area (Å²) in [4.78, 5) is 16.7. The number of likely N-dealkylation sites (tertiary alicyclic amines) is 1. The van der Waals surface area contributed by atoms with Gasteiger partial charge in [-0.15, -0.1) is 0 Å². The maximum Gasteiger partial charge on any atom is 0.236 e. The summed E-state index contributed by atoms with van der Waals surface area (Å²) < 4.78 is 0. The standard InChI is InChI=1S/C20H32N2O/c1-6-21(7-2)19(23)15-22-14-8-9-18(22)16-10-12-17(13-11-16)20(3,4)5/h10-13,18H,6-9,14-15H2,1-5H3. The zero-order valence-electron chi connectivity index (χ0n) is 15.4. The third-order valence-corrected chi connectivity index (χ3v) is 4.98. The van der Waals surface area contributed by atoms with Gasteiger partial charge in [-0.3, -0.25) is 9.69 Å². The fraction of sp³-hybridized carbons (Fsp3) is 0.650. The SMILES string of the molecule is CCN(CC)C(=O)CN1CCCC1c1ccc(C(C)(C)C)cc1. The van der Waals surface area contributed by atoms with Gasteiger partial charge in [-0.05, 0) is 49.8 Å². The topological polar surface area (TPSA) is 23.6 Å². The van der Waals surface area contributed by atoms with Gasteiger partial charge < -0.3 is 4.90 Å². The minimum atomic E-state index is 0.187. The molecule has 0 spiro atoms. The van der Waals surface area contributed by atoms with Gasteiger partial charge >= 0.3 is 0 Å². The molecule has 1 aliphatic rings. The molecular formula is C20H32N2O. The van der Waals surface area contributed by atoms with E-state index in [0.29, 0.717) is 12.6 Å². The molecule has 1 atom stereocenters. The summed E-state index contributed by atoms with van der Waals surface area (Å²) in [5.74, 6) is 0.258. The lowest BCUT2D eigenvalue weighted by Gasteiger charge is -2.28. The number of nitrogens with zero attached hydrogens (tertiary/aromatic N) is 2. The Bertz CT molecular complexity index is 511. The normalized spacial score (nSPS) is 19.1. The van der Waals surface area contributed by atoms with E-state index < -0.39 is 0 Å². The zero-order chi connectivity index (χ0) is 17.0. The fourth-order valence-corrected chi connectivity index (χ4v) is 3.45. The number of likely N-dealkylation sites (N-methyl/N-ethyl adjacent to an activating group) is 1. The number of carbonyl (C=O) groups excluding carboxylic acids is 1. The first-order valence-corrected chi connectivity index (χ1v) is 8.99. The van der Waals surface area contributed by atoms with Gasteiger partial charge in [0.1, 0.15) is 0 Å². The van der Waals surface area contributed by atoms with Crippen molar-refractivity contribution >= 4 is 5.91 Å². The van der Waals surface area contributed by atoms with E-state index >= 15 is 0 Å². The van der Waals surface area contributed by atoms with Crippen molar-refractivity contribution in [1.82, 2.24) is 9.80 Å². The Hall–Kier alpha value is -1.35. The van der Waals surface area contributed by atoms with Gasteiger partial charge in [-0.2, -0.15) is 0 Å². The molecule has 2 rings (SSSR count). The van der Waals surface area contributed by atoms with E-state index in [1.165, 1.54) is 17.5 Å². The van der Waals surface area contributed by atoms with Crippen LogP contribution < -0.4 is 0 Å². The van der Waals surface area contributed by atoms with E-state index in [2.05, 4.69) is 49.9 Å². The van der Waals surface area contributed by atoms with E-state index in [0.717, 1.165) is 26.1 Å². The molecular weight excluding hydrogens is 284 g/mol. The van der Waals surface area contributed by atoms with Crippen molar-refractivity contribution in [3.63, 3.8) is 0 Å². The average molecular weight is 316 g/mol. The molecule has 0 bridgehead atoms. The molecule has 1 fully saturated rings. The van der Waals surface area contributed by atoms with Crippen LogP contribution in [0.4, 0.5) is 0 Å². The molecule has 1 aromatic carbocycles. The third-order valence-electron chi connectivity index (χ3n) is 4.98. The predicted octanol–water partition coefficient (Wildman–Crippen LogP) is 3.99. The number of hydrogen-bond acceptors (Lipinski definition) is 2. The molecule has 0 N–H and O–H groups in total. The molecule has 1 aromatic rings. The Morgan fingerprint density at radius 1 is 1.17 bits per heavy atom. The van der Waals surface area contributed by atoms with Gasteiger partial charge in [-0.1, -0.05) is 45.0 Å². The van der Waals surface area contributed by atoms with Crippen LogP contribution in [0.25, 0.3) is 0 Å². The molecule has 1 aliphatic heterocycles. The molecule has 0 aliphatic carbocycles. The number of carbonyl (C=O) groups is 1. The molecule has 1 saturated heterocycles. The van der Waals surface area contributed by atoms with Gasteiger partial charge in [0.2, 0.25) is 5.91 Å². The van der Waals surface area contributed by atoms with E-state index in [1.807, 2.05) is 18.7 Å². The summed E-state index contributed by atoms with van der Waals surface area (Å²) in [5, 5.41) is 0. The predicted molar refractivity (Wildman–Crippen MR) is 96.6 cm³/mol. The van der Waals surface area contributed by atoms with E-state index in [1.54, 1.807) is 0 Å². The number of hydrogen-bond donors (Lipinski definition) is 0. The Labute approximate surface area is 141 Å². The largest absolute Gasteiger partial charge is 0.342 e. The van der Waals surface area contributed by atoms with Crippen molar-refractivity contribution in [1.29, 1.82) is 0 Å². The number of rotatable bonds is 5. The van der Waals surface area contributed by atoms with Gasteiger partial charge in [-0.25, -0.2) is 0 Å². The minimum absolute atomic E-state index is 0.187. The second kappa shape index (κ2) is 7.48. The monoisotopic (exact) mass is 316 g/mol. The summed E-state index contributed by atoms with van der Waals surface area (Å²) in [5.41, 5.74) is 2.90. The molecule has 1 unspecified atom stereocenters. The van der Waals surface area contributed by atoms with E-state index in [-0.39, 0.29) is 11.3 Å². The van der Waals surface area contributed by atoms with Gasteiger partial charge in [0.15, 0.2) is 0 Å². The highest BCUT2D eigenvalue weighted by Crippen LogP contribution is 2.33. The molecule has 3 nitrogen and oxygen atoms in total. The first-order valence-electron chi connectivity index (χ1n) is 8.99. The van der Waals surface area contributed by atoms with E-state index in [9.17, 15) is 4.79 Å². The van der Waals surface area contributed by atoms with Crippen molar-refractivity contribution in [2.24, 2.45) is 0 Å². The fourth-order valence-electron chi connectivity index (χ4n) is 3.45. The van der Waals surface area contributed by atoms with Crippen LogP contribution in [0.1, 0.15) is 64.6 Å². The quantitative estimate of drug-likeness (QED) is 0.820. The first-order chi connectivity index (χ1) is 10.9. The molecule has 1 amide bonds. The van der Waals surface area contributed by atoms with Crippen LogP contribution in [-0.2, 0) is 10.2 Å². The number of benzene rings is 1. The minimum Gasteiger partial charge on any atom is -0.342 e. The molecule has 0 aromatic heterocycles. The van der Waals surface area contributed by atoms with Crippen LogP contribution in [-0.4, -0.2) is 41.9 Å². The Morgan fingerprint density at radius 3 is 2.30 bits per heavy atom. The zero-order valence-corrected chi connectivity index (χ0v) is 15.4. The summed E-state index contributed by atoms with van der Waals surface area (Å²) in [6.45, 7) is 14.0. The second-order valence-corrected chi connectivity index (χ2v) is 7.57. The lowest BCUT2D eigenvalue weighted by molar-refractivity contribution is -0.132. The molecule has 3 heteroatoms. The van der Waals surface area contributed by atoms with Crippen LogP contribution in [0.15, 0.2) is 24.3 Å². The van der Waals surface area contributed by atoms with Crippen molar-refractivity contribution in [3.05, 3.63) is 35.4 Å². The smallest absolute Gasteiger partial charge is 0.236 e. The Balaban J connectivity index is 2.08. The van der Waals surface area contributed by atoms with Crippen LogP contribution in [0.3, 0.4) is 0 Å². The molecule has 0 saturated carbocycles. The van der Waals surface area contributed by atoms with E-state index in [4.69, 9.17) is 0 Å². The molecule has 1 heterocycles. The van der Waals surface area contributed by atoms with Crippen LogP contribution >= 0.6 is 0 Å². The van der Waals surface area contributed by atoms with Crippen molar-refractivity contribution in [2.45, 2.75) is 58.9 Å². The summed E-state index contributed by atoms with van der Waals surface area (Å²) in [6.07, 6.45) is 2.33. The van der Waals surface area contributed by atoms with Gasteiger partial charge in [0.25, 0.3) is 0 Å². The Morgan fingerprint density at radius 2 is 1.78 bits per heavy atom. The summed E-state index contributed by atoms with van der Waals surface area (Å²) in [7, 11) is 0. The van der Waals surface area contributed by atoms with Crippen LogP contribution in [0.2, 0.25) is 0 Å². The van der Waals surface area contributed by atoms with Crippen LogP contribution in [0.5, 0.6) is 0 Å². The lowest BCUT2D eigenvalue weighted by Crippen LogP contribution is -2.40. The highest BCUT2D eigenvalue weighted by atomic mass is 16.2. The third kappa shape index (κ3) is 4.35. The maximum atomic E-state index is 12.4. The van der Waals surface area contributed by atoms with Gasteiger partial charge in [0.05, 0.1) is 6.54 Å². The lowest BCUT2D eigenvalue weighted by atomic mass is 9.86. The van der Waals surface area contributed by atoms with Crippen molar-refractivity contribution < 1.29 is 4.79 Å². The summed E-state index contributed by atoms with van der Waals surface area (Å²) in [6, 6.07) is 9.40. The Kier molecular flexibility index (Phi) is 5.85. The van der Waals surface area contributed by atoms with Crippen molar-refractivity contribution in [2.75, 3.05) is 26.2 Å². The van der Waals surface area contributed by atoms with Crippen LogP contribution in [0, 0.1) is 0 Å². The summed E-state index contributed by atoms with van der Waals surface area (Å²) >= 11 is 0. The van der Waals surface area contributed by atoms with Crippen molar-refractivity contribution in [3.8, 4) is 0 Å². The molecule has 0 radical (unpaired) electrons. The molecule has 128 valence electrons. The molecule has 23 heavy (non-hydrogen) atoms. The highest BCUT2D eigenvalue weighted by Gasteiger charge is 2.28. The highest BCUT2D eigenvalue weighted by molar-refractivity contribution is 5.78.